The standard InChI is InChI=1S/C18H25NO4/c1-2-3-13-22-18(21)19-11-9-16(10-12-19)17(20)23-14-15-7-5-4-6-8-15/h4-8,16H,2-3,9-14H2,1H3. The van der Waals surface area contributed by atoms with Crippen LogP contribution in [0.25, 0.3) is 0 Å². The zero-order chi connectivity index (χ0) is 16.5. The number of nitrogens with zero attached hydrogens (tertiary/aromatic N) is 1. The van der Waals surface area contributed by atoms with Gasteiger partial charge in [-0.15, -0.1) is 0 Å². The molecule has 5 heteroatoms. The molecular weight excluding hydrogens is 294 g/mol. The molecule has 0 aliphatic carbocycles. The zero-order valence-corrected chi connectivity index (χ0v) is 13.7. The number of hydrogen-bond donors (Lipinski definition) is 0. The molecule has 0 saturated carbocycles. The van der Waals surface area contributed by atoms with E-state index in [1.807, 2.05) is 30.3 Å². The van der Waals surface area contributed by atoms with E-state index < -0.39 is 0 Å². The summed E-state index contributed by atoms with van der Waals surface area (Å²) >= 11 is 0. The van der Waals surface area contributed by atoms with E-state index in [-0.39, 0.29) is 18.0 Å². The highest BCUT2D eigenvalue weighted by atomic mass is 16.6. The Morgan fingerprint density at radius 3 is 2.48 bits per heavy atom. The Kier molecular flexibility index (Phi) is 6.91. The van der Waals surface area contributed by atoms with Crippen LogP contribution in [-0.4, -0.2) is 36.7 Å². The number of ether oxygens (including phenoxy) is 2. The Morgan fingerprint density at radius 1 is 1.13 bits per heavy atom. The lowest BCUT2D eigenvalue weighted by molar-refractivity contribution is -0.151. The van der Waals surface area contributed by atoms with Gasteiger partial charge in [-0.3, -0.25) is 4.79 Å². The molecule has 23 heavy (non-hydrogen) atoms. The Labute approximate surface area is 137 Å². The normalized spacial score (nSPS) is 15.3. The molecule has 1 amide bonds. The molecule has 0 spiro atoms. The van der Waals surface area contributed by atoms with Gasteiger partial charge in [-0.05, 0) is 24.8 Å². The number of carbonyl (C=O) groups excluding carboxylic acids is 2. The second-order valence-corrected chi connectivity index (χ2v) is 5.82. The quantitative estimate of drug-likeness (QED) is 0.596. The first kappa shape index (κ1) is 17.3. The maximum atomic E-state index is 12.1. The fourth-order valence-electron chi connectivity index (χ4n) is 2.54. The van der Waals surface area contributed by atoms with Crippen molar-refractivity contribution in [1.29, 1.82) is 0 Å². The highest BCUT2D eigenvalue weighted by Crippen LogP contribution is 2.20. The van der Waals surface area contributed by atoms with Gasteiger partial charge >= 0.3 is 12.1 Å². The summed E-state index contributed by atoms with van der Waals surface area (Å²) in [6.45, 7) is 3.93. The smallest absolute Gasteiger partial charge is 0.409 e. The molecule has 1 saturated heterocycles. The van der Waals surface area contributed by atoms with Crippen molar-refractivity contribution >= 4 is 12.1 Å². The van der Waals surface area contributed by atoms with E-state index in [1.165, 1.54) is 0 Å². The molecule has 126 valence electrons. The van der Waals surface area contributed by atoms with E-state index >= 15 is 0 Å². The van der Waals surface area contributed by atoms with E-state index in [2.05, 4.69) is 6.92 Å². The molecule has 1 aliphatic heterocycles. The summed E-state index contributed by atoms with van der Waals surface area (Å²) in [4.78, 5) is 25.6. The number of amides is 1. The van der Waals surface area contributed by atoms with E-state index in [1.54, 1.807) is 4.90 Å². The highest BCUT2D eigenvalue weighted by molar-refractivity contribution is 5.73. The average molecular weight is 319 g/mol. The first-order valence-electron chi connectivity index (χ1n) is 8.33. The summed E-state index contributed by atoms with van der Waals surface area (Å²) in [6, 6.07) is 9.64. The zero-order valence-electron chi connectivity index (χ0n) is 13.7. The Hall–Kier alpha value is -2.04. The minimum absolute atomic E-state index is 0.126. The number of benzene rings is 1. The van der Waals surface area contributed by atoms with Crippen LogP contribution >= 0.6 is 0 Å². The van der Waals surface area contributed by atoms with Crippen LogP contribution in [-0.2, 0) is 20.9 Å². The second kappa shape index (κ2) is 9.18. The van der Waals surface area contributed by atoms with Crippen molar-refractivity contribution in [3.8, 4) is 0 Å². The molecule has 0 bridgehead atoms. The van der Waals surface area contributed by atoms with Crippen LogP contribution in [0, 0.1) is 5.92 Å². The van der Waals surface area contributed by atoms with E-state index in [4.69, 9.17) is 9.47 Å². The van der Waals surface area contributed by atoms with Crippen molar-refractivity contribution in [3.05, 3.63) is 35.9 Å². The summed E-state index contributed by atoms with van der Waals surface area (Å²) in [5, 5.41) is 0. The van der Waals surface area contributed by atoms with Crippen LogP contribution in [0.4, 0.5) is 4.79 Å². The number of carbonyl (C=O) groups is 2. The second-order valence-electron chi connectivity index (χ2n) is 5.82. The molecule has 1 heterocycles. The molecule has 5 nitrogen and oxygen atoms in total. The predicted molar refractivity (Wildman–Crippen MR) is 86.8 cm³/mol. The molecule has 1 aromatic rings. The lowest BCUT2D eigenvalue weighted by Crippen LogP contribution is -2.41. The topological polar surface area (TPSA) is 55.8 Å². The summed E-state index contributed by atoms with van der Waals surface area (Å²) in [5.41, 5.74) is 0.984. The highest BCUT2D eigenvalue weighted by Gasteiger charge is 2.28. The fourth-order valence-corrected chi connectivity index (χ4v) is 2.54. The minimum Gasteiger partial charge on any atom is -0.461 e. The Balaban J connectivity index is 1.69. The third-order valence-electron chi connectivity index (χ3n) is 4.03. The van der Waals surface area contributed by atoms with Crippen LogP contribution in [0.1, 0.15) is 38.2 Å². The molecule has 0 N–H and O–H groups in total. The van der Waals surface area contributed by atoms with Crippen molar-refractivity contribution in [2.75, 3.05) is 19.7 Å². The van der Waals surface area contributed by atoms with Gasteiger partial charge in [0.2, 0.25) is 0 Å². The number of unbranched alkanes of at least 4 members (excludes halogenated alkanes) is 1. The molecule has 0 aromatic heterocycles. The van der Waals surface area contributed by atoms with Crippen LogP contribution in [0.3, 0.4) is 0 Å². The molecule has 0 radical (unpaired) electrons. The van der Waals surface area contributed by atoms with Gasteiger partial charge in [0.25, 0.3) is 0 Å². The van der Waals surface area contributed by atoms with Crippen molar-refractivity contribution in [2.24, 2.45) is 5.92 Å². The molecule has 0 unspecified atom stereocenters. The van der Waals surface area contributed by atoms with Gasteiger partial charge in [0, 0.05) is 13.1 Å². The van der Waals surface area contributed by atoms with Gasteiger partial charge < -0.3 is 14.4 Å². The van der Waals surface area contributed by atoms with E-state index in [9.17, 15) is 9.59 Å². The maximum absolute atomic E-state index is 12.1. The van der Waals surface area contributed by atoms with Crippen molar-refractivity contribution in [1.82, 2.24) is 4.90 Å². The van der Waals surface area contributed by atoms with Crippen LogP contribution in [0.2, 0.25) is 0 Å². The number of rotatable bonds is 6. The first-order chi connectivity index (χ1) is 11.2. The SMILES string of the molecule is CCCCOC(=O)N1CCC(C(=O)OCc2ccccc2)CC1. The van der Waals surface area contributed by atoms with Gasteiger partial charge in [0.05, 0.1) is 12.5 Å². The van der Waals surface area contributed by atoms with Crippen molar-refractivity contribution in [3.63, 3.8) is 0 Å². The van der Waals surface area contributed by atoms with Gasteiger partial charge in [-0.1, -0.05) is 43.7 Å². The monoisotopic (exact) mass is 319 g/mol. The van der Waals surface area contributed by atoms with Crippen LogP contribution in [0.15, 0.2) is 30.3 Å². The summed E-state index contributed by atoms with van der Waals surface area (Å²) in [5.74, 6) is -0.300. The molecule has 1 fully saturated rings. The maximum Gasteiger partial charge on any atom is 0.409 e. The number of hydrogen-bond acceptors (Lipinski definition) is 4. The van der Waals surface area contributed by atoms with Gasteiger partial charge in [0.1, 0.15) is 6.61 Å². The molecule has 0 atom stereocenters. The molecule has 1 aromatic carbocycles. The molecular formula is C18H25NO4. The Morgan fingerprint density at radius 2 is 1.83 bits per heavy atom. The van der Waals surface area contributed by atoms with Crippen LogP contribution < -0.4 is 0 Å². The first-order valence-corrected chi connectivity index (χ1v) is 8.33. The fraction of sp³-hybridized carbons (Fsp3) is 0.556. The number of likely N-dealkylation sites (tertiary alicyclic amines) is 1. The van der Waals surface area contributed by atoms with Crippen molar-refractivity contribution in [2.45, 2.75) is 39.2 Å². The van der Waals surface area contributed by atoms with Gasteiger partial charge in [-0.2, -0.15) is 0 Å². The third kappa shape index (κ3) is 5.58. The lowest BCUT2D eigenvalue weighted by atomic mass is 9.97. The lowest BCUT2D eigenvalue weighted by Gasteiger charge is -2.30. The predicted octanol–water partition coefficient (Wildman–Crippen LogP) is 3.38. The Bertz CT molecular complexity index is 495. The molecule has 2 rings (SSSR count). The van der Waals surface area contributed by atoms with Gasteiger partial charge in [0.15, 0.2) is 0 Å². The average Bonchev–Trinajstić information content (AvgIpc) is 2.61. The largest absolute Gasteiger partial charge is 0.461 e. The molecule has 1 aliphatic rings. The van der Waals surface area contributed by atoms with Crippen LogP contribution in [0.5, 0.6) is 0 Å². The van der Waals surface area contributed by atoms with E-state index in [0.717, 1.165) is 18.4 Å². The number of esters is 1. The van der Waals surface area contributed by atoms with Crippen molar-refractivity contribution < 1.29 is 19.1 Å². The minimum atomic E-state index is -0.269. The summed E-state index contributed by atoms with van der Waals surface area (Å²) in [7, 11) is 0. The van der Waals surface area contributed by atoms with E-state index in [0.29, 0.717) is 39.1 Å². The number of piperidine rings is 1. The summed E-state index contributed by atoms with van der Waals surface area (Å²) in [6.07, 6.45) is 2.89. The van der Waals surface area contributed by atoms with Gasteiger partial charge in [-0.25, -0.2) is 4.79 Å². The summed E-state index contributed by atoms with van der Waals surface area (Å²) < 4.78 is 10.6. The third-order valence-corrected chi connectivity index (χ3v) is 4.03.